The lowest BCUT2D eigenvalue weighted by Gasteiger charge is -2.36. The zero-order chi connectivity index (χ0) is 23.3. The van der Waals surface area contributed by atoms with Gasteiger partial charge in [-0.05, 0) is 32.1 Å². The van der Waals surface area contributed by atoms with Crippen LogP contribution in [0.15, 0.2) is 6.33 Å². The number of carbonyl (C=O) groups excluding carboxylic acids is 2. The van der Waals surface area contributed by atoms with Gasteiger partial charge in [-0.2, -0.15) is 0 Å². The summed E-state index contributed by atoms with van der Waals surface area (Å²) < 4.78 is 7.18. The van der Waals surface area contributed by atoms with Crippen molar-refractivity contribution < 1.29 is 24.5 Å². The third-order valence-electron chi connectivity index (χ3n) is 6.49. The minimum Gasteiger partial charge on any atom is -0.387 e. The highest BCUT2D eigenvalue weighted by atomic mass is 16.6. The predicted molar refractivity (Wildman–Crippen MR) is 114 cm³/mol. The van der Waals surface area contributed by atoms with E-state index >= 15 is 0 Å². The van der Waals surface area contributed by atoms with Gasteiger partial charge in [0, 0.05) is 19.1 Å². The van der Waals surface area contributed by atoms with Crippen LogP contribution in [0, 0.1) is 0 Å². The lowest BCUT2D eigenvalue weighted by molar-refractivity contribution is -0.137. The average Bonchev–Trinajstić information content (AvgIpc) is 3.39. The number of nitrogens with zero attached hydrogens (tertiary/aromatic N) is 5. The summed E-state index contributed by atoms with van der Waals surface area (Å²) in [4.78, 5) is 39.6. The van der Waals surface area contributed by atoms with Crippen LogP contribution < -0.4 is 16.4 Å². The van der Waals surface area contributed by atoms with Crippen LogP contribution in [0.25, 0.3) is 11.2 Å². The molecular formula is C20H28N8O5. The molecule has 3 aliphatic rings. The Bertz CT molecular complexity index is 1070. The molecule has 6 N–H and O–H groups in total. The Balaban J connectivity index is 1.42. The number of nitrogens with one attached hydrogen (secondary N) is 2. The molecule has 4 atom stereocenters. The molecule has 0 spiro atoms. The molecule has 2 aliphatic carbocycles. The number of aliphatic hydroxyl groups excluding tert-OH is 2. The van der Waals surface area contributed by atoms with Gasteiger partial charge in [-0.1, -0.05) is 0 Å². The molecule has 5 rings (SSSR count). The summed E-state index contributed by atoms with van der Waals surface area (Å²) >= 11 is 0. The van der Waals surface area contributed by atoms with Gasteiger partial charge < -0.3 is 36.2 Å². The van der Waals surface area contributed by atoms with E-state index in [1.807, 2.05) is 0 Å². The monoisotopic (exact) mass is 460 g/mol. The topological polar surface area (TPSA) is 181 Å². The highest BCUT2D eigenvalue weighted by Crippen LogP contribution is 2.33. The Hall–Kier alpha value is -3.03. The number of aliphatic hydroxyl groups is 2. The summed E-state index contributed by atoms with van der Waals surface area (Å²) in [5.74, 6) is -0.0314. The molecule has 3 amide bonds. The Morgan fingerprint density at radius 1 is 1.24 bits per heavy atom. The van der Waals surface area contributed by atoms with Gasteiger partial charge >= 0.3 is 6.03 Å². The predicted octanol–water partition coefficient (Wildman–Crippen LogP) is -1.000. The minimum atomic E-state index is -1.41. The first-order valence-electron chi connectivity index (χ1n) is 11.2. The number of nitrogen functional groups attached to an aromatic ring is 1. The molecule has 13 heteroatoms. The van der Waals surface area contributed by atoms with Gasteiger partial charge in [0.2, 0.25) is 0 Å². The molecule has 0 radical (unpaired) electrons. The molecule has 2 saturated carbocycles. The second kappa shape index (κ2) is 8.39. The fourth-order valence-electron chi connectivity index (χ4n) is 4.22. The number of urea groups is 1. The molecule has 2 unspecified atom stereocenters. The van der Waals surface area contributed by atoms with Crippen LogP contribution in [-0.4, -0.2) is 84.0 Å². The number of carbonyl (C=O) groups is 2. The number of rotatable bonds is 6. The second-order valence-electron chi connectivity index (χ2n) is 8.83. The summed E-state index contributed by atoms with van der Waals surface area (Å²) in [6.07, 6.45) is 0.931. The highest BCUT2D eigenvalue weighted by Gasteiger charge is 2.48. The Morgan fingerprint density at radius 3 is 2.64 bits per heavy atom. The number of hydrogen-bond donors (Lipinski definition) is 5. The lowest BCUT2D eigenvalue weighted by atomic mass is 9.91. The van der Waals surface area contributed by atoms with Crippen LogP contribution in [0.4, 0.5) is 10.6 Å². The second-order valence-corrected chi connectivity index (χ2v) is 8.83. The van der Waals surface area contributed by atoms with Crippen molar-refractivity contribution in [2.24, 2.45) is 0 Å². The molecule has 2 aromatic heterocycles. The van der Waals surface area contributed by atoms with E-state index < -0.39 is 30.4 Å². The molecule has 33 heavy (non-hydrogen) atoms. The van der Waals surface area contributed by atoms with Crippen molar-refractivity contribution >= 4 is 28.9 Å². The van der Waals surface area contributed by atoms with E-state index in [1.54, 1.807) is 11.9 Å². The third kappa shape index (κ3) is 3.96. The maximum absolute atomic E-state index is 12.4. The molecule has 0 bridgehead atoms. The largest absolute Gasteiger partial charge is 0.387 e. The van der Waals surface area contributed by atoms with Crippen LogP contribution in [0.1, 0.15) is 44.2 Å². The van der Waals surface area contributed by atoms with Crippen molar-refractivity contribution in [1.82, 2.24) is 35.1 Å². The van der Waals surface area contributed by atoms with Crippen LogP contribution >= 0.6 is 0 Å². The number of ether oxygens (including phenoxy) is 1. The first kappa shape index (κ1) is 21.8. The fraction of sp³-hybridized carbons (Fsp3) is 0.650. The van der Waals surface area contributed by atoms with Gasteiger partial charge in [0.1, 0.15) is 17.7 Å². The van der Waals surface area contributed by atoms with Crippen molar-refractivity contribution in [2.75, 3.05) is 12.8 Å². The first-order valence-corrected chi connectivity index (χ1v) is 11.2. The maximum Gasteiger partial charge on any atom is 0.317 e. The Morgan fingerprint density at radius 2 is 2.00 bits per heavy atom. The van der Waals surface area contributed by atoms with E-state index in [0.717, 1.165) is 32.1 Å². The smallest absolute Gasteiger partial charge is 0.317 e. The lowest BCUT2D eigenvalue weighted by Crippen LogP contribution is -2.47. The molecule has 3 fully saturated rings. The van der Waals surface area contributed by atoms with E-state index in [1.165, 1.54) is 10.9 Å². The quantitative estimate of drug-likeness (QED) is 0.361. The summed E-state index contributed by atoms with van der Waals surface area (Å²) in [5, 5.41) is 26.5. The van der Waals surface area contributed by atoms with Crippen molar-refractivity contribution in [2.45, 2.75) is 75.3 Å². The van der Waals surface area contributed by atoms with Crippen molar-refractivity contribution in [3.05, 3.63) is 12.2 Å². The molecule has 1 saturated heterocycles. The van der Waals surface area contributed by atoms with Crippen LogP contribution in [0.3, 0.4) is 0 Å². The standard InChI is InChI=1S/C20H28N8O5/c1-22-20(32)27(10-3-2-4-10)7-11-25-16(21)12-17(26-11)28(8-23-12)19-14(30)13(29)15(33-19)18(31)24-9-5-6-9/h8-10,13-15,19,29-30H,2-7H2,1H3,(H,22,32)(H,24,31)(H2,21,25,26)/t13?,14?,15-,19+/m0/s1. The van der Waals surface area contributed by atoms with Gasteiger partial charge in [0.05, 0.1) is 12.9 Å². The molecule has 3 heterocycles. The van der Waals surface area contributed by atoms with Crippen molar-refractivity contribution in [1.29, 1.82) is 0 Å². The van der Waals surface area contributed by atoms with E-state index in [-0.39, 0.29) is 36.1 Å². The maximum atomic E-state index is 12.4. The molecule has 178 valence electrons. The third-order valence-corrected chi connectivity index (χ3v) is 6.49. The Kier molecular flexibility index (Phi) is 5.54. The average molecular weight is 460 g/mol. The van der Waals surface area contributed by atoms with Crippen molar-refractivity contribution in [3.63, 3.8) is 0 Å². The zero-order valence-corrected chi connectivity index (χ0v) is 18.2. The number of fused-ring (bicyclic) bond motifs is 1. The van der Waals surface area contributed by atoms with Gasteiger partial charge in [-0.15, -0.1) is 0 Å². The number of hydrogen-bond acceptors (Lipinski definition) is 9. The first-order chi connectivity index (χ1) is 15.9. The SMILES string of the molecule is CNC(=O)N(Cc1nc(N)c2ncn([C@@H]3O[C@H](C(=O)NC4CC4)C(O)C3O)c2n1)C1CCC1. The molecule has 1 aliphatic heterocycles. The number of anilines is 1. The molecule has 13 nitrogen and oxygen atoms in total. The number of imidazole rings is 1. The van der Waals surface area contributed by atoms with Gasteiger partial charge in [-0.25, -0.2) is 19.7 Å². The summed E-state index contributed by atoms with van der Waals surface area (Å²) in [6.45, 7) is 0.152. The molecular weight excluding hydrogens is 432 g/mol. The highest BCUT2D eigenvalue weighted by molar-refractivity contribution is 5.83. The normalized spacial score (nSPS) is 27.4. The summed E-state index contributed by atoms with van der Waals surface area (Å²) in [5.41, 5.74) is 6.69. The van der Waals surface area contributed by atoms with Gasteiger partial charge in [0.15, 0.2) is 29.6 Å². The molecule has 2 aromatic rings. The van der Waals surface area contributed by atoms with Gasteiger partial charge in [-0.3, -0.25) is 9.36 Å². The Labute approximate surface area is 189 Å². The van der Waals surface area contributed by atoms with E-state index in [9.17, 15) is 19.8 Å². The van der Waals surface area contributed by atoms with Crippen LogP contribution in [-0.2, 0) is 16.1 Å². The van der Waals surface area contributed by atoms with Gasteiger partial charge in [0.25, 0.3) is 5.91 Å². The van der Waals surface area contributed by atoms with Crippen LogP contribution in [0.5, 0.6) is 0 Å². The number of aromatic nitrogens is 4. The zero-order valence-electron chi connectivity index (χ0n) is 18.2. The van der Waals surface area contributed by atoms with E-state index in [4.69, 9.17) is 10.5 Å². The molecule has 0 aromatic carbocycles. The number of nitrogens with two attached hydrogens (primary N) is 1. The summed E-state index contributed by atoms with van der Waals surface area (Å²) in [7, 11) is 1.57. The van der Waals surface area contributed by atoms with Crippen LogP contribution in [0.2, 0.25) is 0 Å². The van der Waals surface area contributed by atoms with E-state index in [0.29, 0.717) is 11.3 Å². The van der Waals surface area contributed by atoms with E-state index in [2.05, 4.69) is 25.6 Å². The number of amides is 3. The fourth-order valence-corrected chi connectivity index (χ4v) is 4.22. The van der Waals surface area contributed by atoms with Crippen molar-refractivity contribution in [3.8, 4) is 0 Å². The minimum absolute atomic E-state index is 0.0904. The summed E-state index contributed by atoms with van der Waals surface area (Å²) in [6, 6.07) is -0.0264.